The van der Waals surface area contributed by atoms with Crippen molar-refractivity contribution in [3.8, 4) is 0 Å². The van der Waals surface area contributed by atoms with Crippen molar-refractivity contribution in [2.75, 3.05) is 6.54 Å². The van der Waals surface area contributed by atoms with Gasteiger partial charge in [-0.2, -0.15) is 0 Å². The SMILES string of the molecule is CCC(CNC(=O)NC1CCCc2sccc21)CC(=O)O. The Balaban J connectivity index is 1.82. The van der Waals surface area contributed by atoms with Crippen LogP contribution in [0, 0.1) is 5.92 Å². The summed E-state index contributed by atoms with van der Waals surface area (Å²) in [4.78, 5) is 24.1. The molecule has 0 spiro atoms. The van der Waals surface area contributed by atoms with E-state index in [9.17, 15) is 9.59 Å². The van der Waals surface area contributed by atoms with Crippen molar-refractivity contribution in [1.29, 1.82) is 0 Å². The Hall–Kier alpha value is -1.56. The van der Waals surface area contributed by atoms with Crippen molar-refractivity contribution in [2.24, 2.45) is 5.92 Å². The number of carbonyl (C=O) groups excluding carboxylic acids is 1. The van der Waals surface area contributed by atoms with E-state index < -0.39 is 5.97 Å². The van der Waals surface area contributed by atoms with Crippen molar-refractivity contribution in [1.82, 2.24) is 10.6 Å². The second kappa shape index (κ2) is 7.45. The highest BCUT2D eigenvalue weighted by Crippen LogP contribution is 2.33. The summed E-state index contributed by atoms with van der Waals surface area (Å²) in [7, 11) is 0. The average molecular weight is 310 g/mol. The Morgan fingerprint density at radius 1 is 1.52 bits per heavy atom. The minimum absolute atomic E-state index is 0.0173. The van der Waals surface area contributed by atoms with Gasteiger partial charge in [0.05, 0.1) is 6.04 Å². The van der Waals surface area contributed by atoms with Crippen molar-refractivity contribution < 1.29 is 14.7 Å². The van der Waals surface area contributed by atoms with Gasteiger partial charge in [-0.1, -0.05) is 13.3 Å². The largest absolute Gasteiger partial charge is 0.481 e. The van der Waals surface area contributed by atoms with Crippen molar-refractivity contribution >= 4 is 23.3 Å². The van der Waals surface area contributed by atoms with Gasteiger partial charge in [0.2, 0.25) is 0 Å². The molecule has 2 unspecified atom stereocenters. The van der Waals surface area contributed by atoms with Crippen molar-refractivity contribution in [3.63, 3.8) is 0 Å². The van der Waals surface area contributed by atoms with E-state index in [0.29, 0.717) is 6.54 Å². The molecule has 0 bridgehead atoms. The van der Waals surface area contributed by atoms with Crippen LogP contribution in [-0.4, -0.2) is 23.7 Å². The van der Waals surface area contributed by atoms with Crippen LogP contribution in [0.25, 0.3) is 0 Å². The number of aryl methyl sites for hydroxylation is 1. The third kappa shape index (κ3) is 4.46. The van der Waals surface area contributed by atoms with E-state index >= 15 is 0 Å². The molecule has 0 saturated carbocycles. The third-order valence-corrected chi connectivity index (χ3v) is 4.95. The highest BCUT2D eigenvalue weighted by molar-refractivity contribution is 7.10. The van der Waals surface area contributed by atoms with E-state index in [1.165, 1.54) is 10.4 Å². The summed E-state index contributed by atoms with van der Waals surface area (Å²) >= 11 is 1.75. The standard InChI is InChI=1S/C15H22N2O3S/c1-2-10(8-14(18)19)9-16-15(20)17-12-4-3-5-13-11(12)6-7-21-13/h6-7,10,12H,2-5,8-9H2,1H3,(H,18,19)(H2,16,17,20). The lowest BCUT2D eigenvalue weighted by Crippen LogP contribution is -2.41. The molecule has 3 N–H and O–H groups in total. The topological polar surface area (TPSA) is 78.4 Å². The highest BCUT2D eigenvalue weighted by Gasteiger charge is 2.22. The van der Waals surface area contributed by atoms with Crippen LogP contribution in [0.2, 0.25) is 0 Å². The lowest BCUT2D eigenvalue weighted by atomic mass is 9.94. The molecule has 1 aromatic heterocycles. The van der Waals surface area contributed by atoms with Crippen LogP contribution in [0.15, 0.2) is 11.4 Å². The summed E-state index contributed by atoms with van der Waals surface area (Å²) in [5.41, 5.74) is 1.24. The van der Waals surface area contributed by atoms with E-state index in [4.69, 9.17) is 5.11 Å². The normalized spacial score (nSPS) is 18.6. The molecule has 1 aromatic rings. The van der Waals surface area contributed by atoms with E-state index in [1.54, 1.807) is 11.3 Å². The third-order valence-electron chi connectivity index (χ3n) is 3.95. The lowest BCUT2D eigenvalue weighted by molar-refractivity contribution is -0.138. The predicted octanol–water partition coefficient (Wildman–Crippen LogP) is 2.93. The first-order valence-corrected chi connectivity index (χ1v) is 8.30. The Bertz CT molecular complexity index is 501. The van der Waals surface area contributed by atoms with Gasteiger partial charge in [-0.25, -0.2) is 4.79 Å². The summed E-state index contributed by atoms with van der Waals surface area (Å²) in [5.74, 6) is -0.837. The van der Waals surface area contributed by atoms with Gasteiger partial charge in [-0.3, -0.25) is 4.79 Å². The maximum absolute atomic E-state index is 12.0. The first-order valence-electron chi connectivity index (χ1n) is 7.42. The molecule has 2 atom stereocenters. The molecule has 21 heavy (non-hydrogen) atoms. The Morgan fingerprint density at radius 2 is 2.33 bits per heavy atom. The quantitative estimate of drug-likeness (QED) is 0.756. The van der Waals surface area contributed by atoms with Gasteiger partial charge >= 0.3 is 12.0 Å². The summed E-state index contributed by atoms with van der Waals surface area (Å²) < 4.78 is 0. The second-order valence-corrected chi connectivity index (χ2v) is 6.47. The van der Waals surface area contributed by atoms with Crippen LogP contribution in [0.4, 0.5) is 4.79 Å². The van der Waals surface area contributed by atoms with Crippen LogP contribution in [0.1, 0.15) is 49.1 Å². The van der Waals surface area contributed by atoms with Crippen molar-refractivity contribution in [3.05, 3.63) is 21.9 Å². The molecule has 2 amide bonds. The number of nitrogens with one attached hydrogen (secondary N) is 2. The van der Waals surface area contributed by atoms with E-state index in [1.807, 2.05) is 6.92 Å². The van der Waals surface area contributed by atoms with Crippen LogP contribution in [-0.2, 0) is 11.2 Å². The highest BCUT2D eigenvalue weighted by atomic mass is 32.1. The van der Waals surface area contributed by atoms with Gasteiger partial charge in [0, 0.05) is 17.8 Å². The summed E-state index contributed by atoms with van der Waals surface area (Å²) in [6, 6.07) is 1.96. The van der Waals surface area contributed by atoms with E-state index in [-0.39, 0.29) is 24.4 Å². The molecule has 0 aliphatic heterocycles. The molecular formula is C15H22N2O3S. The Kier molecular flexibility index (Phi) is 5.61. The molecule has 1 aliphatic carbocycles. The molecule has 0 saturated heterocycles. The minimum Gasteiger partial charge on any atom is -0.481 e. The summed E-state index contributed by atoms with van der Waals surface area (Å²) in [6.45, 7) is 2.34. The van der Waals surface area contributed by atoms with Gasteiger partial charge < -0.3 is 15.7 Å². The summed E-state index contributed by atoms with van der Waals surface area (Å²) in [6.07, 6.45) is 3.99. The molecule has 0 fully saturated rings. The van der Waals surface area contributed by atoms with E-state index in [0.717, 1.165) is 25.7 Å². The molecule has 6 heteroatoms. The number of urea groups is 1. The number of amides is 2. The number of hydrogen-bond donors (Lipinski definition) is 3. The predicted molar refractivity (Wildman–Crippen MR) is 82.6 cm³/mol. The molecule has 0 radical (unpaired) electrons. The van der Waals surface area contributed by atoms with Crippen LogP contribution < -0.4 is 10.6 Å². The number of carboxylic acids is 1. The van der Waals surface area contributed by atoms with Crippen LogP contribution >= 0.6 is 11.3 Å². The van der Waals surface area contributed by atoms with E-state index in [2.05, 4.69) is 22.1 Å². The number of fused-ring (bicyclic) bond motifs is 1. The number of aliphatic carboxylic acids is 1. The fourth-order valence-corrected chi connectivity index (χ4v) is 3.68. The fraction of sp³-hybridized carbons (Fsp3) is 0.600. The zero-order valence-corrected chi connectivity index (χ0v) is 13.0. The molecule has 5 nitrogen and oxygen atoms in total. The van der Waals surface area contributed by atoms with Gasteiger partial charge in [0.25, 0.3) is 0 Å². The van der Waals surface area contributed by atoms with Gasteiger partial charge in [-0.15, -0.1) is 11.3 Å². The maximum atomic E-state index is 12.0. The Morgan fingerprint density at radius 3 is 3.05 bits per heavy atom. The van der Waals surface area contributed by atoms with Gasteiger partial charge in [-0.05, 0) is 42.2 Å². The average Bonchev–Trinajstić information content (AvgIpc) is 2.92. The molecule has 116 valence electrons. The smallest absolute Gasteiger partial charge is 0.315 e. The molecule has 2 rings (SSSR count). The lowest BCUT2D eigenvalue weighted by Gasteiger charge is -2.24. The van der Waals surface area contributed by atoms with Crippen molar-refractivity contribution in [2.45, 2.75) is 45.1 Å². The fourth-order valence-electron chi connectivity index (χ4n) is 2.69. The zero-order valence-electron chi connectivity index (χ0n) is 12.2. The first kappa shape index (κ1) is 15.8. The van der Waals surface area contributed by atoms with Gasteiger partial charge in [0.1, 0.15) is 0 Å². The Labute approximate surface area is 128 Å². The molecule has 1 heterocycles. The van der Waals surface area contributed by atoms with Gasteiger partial charge in [0.15, 0.2) is 0 Å². The first-order chi connectivity index (χ1) is 10.1. The summed E-state index contributed by atoms with van der Waals surface area (Å²) in [5, 5.41) is 16.7. The molecular weight excluding hydrogens is 288 g/mol. The number of thiophene rings is 1. The maximum Gasteiger partial charge on any atom is 0.315 e. The number of hydrogen-bond acceptors (Lipinski definition) is 3. The second-order valence-electron chi connectivity index (χ2n) is 5.47. The van der Waals surface area contributed by atoms with Crippen LogP contribution in [0.5, 0.6) is 0 Å². The molecule has 1 aliphatic rings. The number of carbonyl (C=O) groups is 2. The number of rotatable bonds is 6. The molecule has 0 aromatic carbocycles. The zero-order chi connectivity index (χ0) is 15.2. The van der Waals surface area contributed by atoms with Crippen LogP contribution in [0.3, 0.4) is 0 Å². The number of carboxylic acid groups (broad SMARTS) is 1. The monoisotopic (exact) mass is 310 g/mol. The minimum atomic E-state index is -0.820.